The van der Waals surface area contributed by atoms with Gasteiger partial charge in [0.15, 0.2) is 0 Å². The van der Waals surface area contributed by atoms with Gasteiger partial charge in [-0.25, -0.2) is 0 Å². The molecule has 0 spiro atoms. The smallest absolute Gasteiger partial charge is 0.272 e. The maximum absolute atomic E-state index is 12.5. The monoisotopic (exact) mass is 290 g/mol. The molecular weight excluding hydrogens is 272 g/mol. The molecule has 0 fully saturated rings. The van der Waals surface area contributed by atoms with Gasteiger partial charge < -0.3 is 11.1 Å². The van der Waals surface area contributed by atoms with Crippen molar-refractivity contribution in [1.82, 2.24) is 15.1 Å². The lowest BCUT2D eigenvalue weighted by Crippen LogP contribution is -2.32. The van der Waals surface area contributed by atoms with Gasteiger partial charge in [0.1, 0.15) is 5.69 Å². The predicted octanol–water partition coefficient (Wildman–Crippen LogP) is 2.35. The third-order valence-electron chi connectivity index (χ3n) is 3.74. The van der Waals surface area contributed by atoms with E-state index in [2.05, 4.69) is 21.9 Å². The van der Waals surface area contributed by atoms with Gasteiger partial charge in [-0.3, -0.25) is 9.48 Å². The fourth-order valence-electron chi connectivity index (χ4n) is 2.75. The Kier molecular flexibility index (Phi) is 3.48. The van der Waals surface area contributed by atoms with Gasteiger partial charge in [0.2, 0.25) is 0 Å². The third-order valence-corrected chi connectivity index (χ3v) is 4.74. The number of nitrogen functional groups attached to an aromatic ring is 1. The lowest BCUT2D eigenvalue weighted by atomic mass is 9.94. The summed E-state index contributed by atoms with van der Waals surface area (Å²) in [6.45, 7) is 2.58. The molecule has 5 nitrogen and oxygen atoms in total. The number of rotatable bonds is 3. The summed E-state index contributed by atoms with van der Waals surface area (Å²) in [5.74, 6) is -0.133. The minimum Gasteiger partial charge on any atom is -0.396 e. The molecule has 0 aromatic carbocycles. The number of nitrogens with two attached hydrogens (primary N) is 1. The topological polar surface area (TPSA) is 72.9 Å². The predicted molar refractivity (Wildman–Crippen MR) is 79.8 cm³/mol. The summed E-state index contributed by atoms with van der Waals surface area (Å²) >= 11 is 1.77. The number of aryl methyl sites for hydroxylation is 2. The number of hydrogen-bond donors (Lipinski definition) is 2. The maximum atomic E-state index is 12.5. The molecule has 1 atom stereocenters. The van der Waals surface area contributed by atoms with Crippen LogP contribution in [0.3, 0.4) is 0 Å². The van der Waals surface area contributed by atoms with Crippen LogP contribution in [0.25, 0.3) is 0 Å². The van der Waals surface area contributed by atoms with Gasteiger partial charge in [0.05, 0.1) is 17.9 Å². The number of carbonyl (C=O) groups is 1. The van der Waals surface area contributed by atoms with E-state index in [1.807, 2.05) is 6.92 Å². The van der Waals surface area contributed by atoms with Crippen LogP contribution in [0.5, 0.6) is 0 Å². The molecule has 1 aliphatic carbocycles. The molecular formula is C14H18N4OS. The van der Waals surface area contributed by atoms with E-state index in [1.165, 1.54) is 16.6 Å². The number of fused-ring (bicyclic) bond motifs is 1. The van der Waals surface area contributed by atoms with Gasteiger partial charge in [0.25, 0.3) is 5.91 Å². The molecule has 0 aliphatic heterocycles. The molecule has 0 saturated heterocycles. The zero-order chi connectivity index (χ0) is 14.1. The lowest BCUT2D eigenvalue weighted by Gasteiger charge is -2.23. The lowest BCUT2D eigenvalue weighted by molar-refractivity contribution is 0.0923. The Bertz CT molecular complexity index is 631. The number of nitrogens with zero attached hydrogens (tertiary/aromatic N) is 2. The Balaban J connectivity index is 1.82. The number of anilines is 1. The molecule has 2 aromatic rings. The molecule has 1 amide bonds. The normalized spacial score (nSPS) is 17.8. The highest BCUT2D eigenvalue weighted by atomic mass is 32.1. The van der Waals surface area contributed by atoms with Crippen LogP contribution in [0.2, 0.25) is 0 Å². The van der Waals surface area contributed by atoms with Crippen molar-refractivity contribution in [3.05, 3.63) is 33.8 Å². The molecule has 0 radical (unpaired) electrons. The van der Waals surface area contributed by atoms with Crippen LogP contribution in [0.4, 0.5) is 5.69 Å². The summed E-state index contributed by atoms with van der Waals surface area (Å²) in [7, 11) is 0. The first-order valence-corrected chi connectivity index (χ1v) is 7.77. The Morgan fingerprint density at radius 1 is 1.65 bits per heavy atom. The van der Waals surface area contributed by atoms with Gasteiger partial charge in [-0.15, -0.1) is 11.3 Å². The summed E-state index contributed by atoms with van der Waals surface area (Å²) in [6.07, 6.45) is 4.75. The van der Waals surface area contributed by atoms with Crippen molar-refractivity contribution in [3.8, 4) is 0 Å². The zero-order valence-electron chi connectivity index (χ0n) is 11.4. The van der Waals surface area contributed by atoms with E-state index >= 15 is 0 Å². The number of thiophene rings is 1. The fraction of sp³-hybridized carbons (Fsp3) is 0.429. The second-order valence-corrected chi connectivity index (χ2v) is 5.98. The van der Waals surface area contributed by atoms with E-state index in [0.717, 1.165) is 19.3 Å². The van der Waals surface area contributed by atoms with Crippen LogP contribution in [0.1, 0.15) is 46.7 Å². The van der Waals surface area contributed by atoms with Gasteiger partial charge in [-0.2, -0.15) is 5.10 Å². The first kappa shape index (κ1) is 13.2. The van der Waals surface area contributed by atoms with Gasteiger partial charge >= 0.3 is 0 Å². The van der Waals surface area contributed by atoms with Crippen molar-refractivity contribution < 1.29 is 4.79 Å². The average molecular weight is 290 g/mol. The summed E-state index contributed by atoms with van der Waals surface area (Å²) in [5, 5.41) is 9.32. The Morgan fingerprint density at radius 3 is 3.30 bits per heavy atom. The largest absolute Gasteiger partial charge is 0.396 e. The van der Waals surface area contributed by atoms with Crippen LogP contribution in [-0.4, -0.2) is 15.7 Å². The fourth-order valence-corrected chi connectivity index (χ4v) is 3.74. The Morgan fingerprint density at radius 2 is 2.50 bits per heavy atom. The van der Waals surface area contributed by atoms with E-state index in [-0.39, 0.29) is 11.9 Å². The van der Waals surface area contributed by atoms with E-state index in [1.54, 1.807) is 16.0 Å². The van der Waals surface area contributed by atoms with Crippen LogP contribution in [0.15, 0.2) is 17.6 Å². The van der Waals surface area contributed by atoms with Crippen molar-refractivity contribution in [2.75, 3.05) is 5.73 Å². The Hall–Kier alpha value is -1.82. The summed E-state index contributed by atoms with van der Waals surface area (Å²) in [6, 6.07) is 2.21. The number of carbonyl (C=O) groups excluding carboxylic acids is 1. The molecule has 0 bridgehead atoms. The molecule has 3 rings (SSSR count). The van der Waals surface area contributed by atoms with Crippen molar-refractivity contribution in [2.24, 2.45) is 0 Å². The molecule has 3 N–H and O–H groups in total. The van der Waals surface area contributed by atoms with Crippen LogP contribution >= 0.6 is 11.3 Å². The number of nitrogens with one attached hydrogen (secondary N) is 1. The van der Waals surface area contributed by atoms with Crippen molar-refractivity contribution >= 4 is 22.9 Å². The van der Waals surface area contributed by atoms with Crippen LogP contribution in [-0.2, 0) is 13.0 Å². The first-order chi connectivity index (χ1) is 9.70. The average Bonchev–Trinajstić information content (AvgIpc) is 3.05. The van der Waals surface area contributed by atoms with E-state index in [4.69, 9.17) is 5.73 Å². The standard InChI is InChI=1S/C14H18N4OS/c1-2-18-13(10(15)8-16-18)14(19)17-11-4-3-5-12-9(11)6-7-20-12/h6-8,11H,2-5,15H2,1H3,(H,17,19). The molecule has 106 valence electrons. The van der Waals surface area contributed by atoms with Crippen molar-refractivity contribution in [1.29, 1.82) is 0 Å². The first-order valence-electron chi connectivity index (χ1n) is 6.89. The quantitative estimate of drug-likeness (QED) is 0.911. The molecule has 1 unspecified atom stereocenters. The van der Waals surface area contributed by atoms with Crippen LogP contribution in [0, 0.1) is 0 Å². The Labute approximate surface area is 121 Å². The highest BCUT2D eigenvalue weighted by molar-refractivity contribution is 7.10. The highest BCUT2D eigenvalue weighted by Gasteiger charge is 2.25. The van der Waals surface area contributed by atoms with Gasteiger partial charge in [-0.05, 0) is 43.2 Å². The number of amides is 1. The zero-order valence-corrected chi connectivity index (χ0v) is 12.2. The van der Waals surface area contributed by atoms with Gasteiger partial charge in [-0.1, -0.05) is 0 Å². The molecule has 0 saturated carbocycles. The molecule has 2 heterocycles. The minimum absolute atomic E-state index is 0.0945. The molecule has 2 aromatic heterocycles. The second kappa shape index (κ2) is 5.28. The summed E-state index contributed by atoms with van der Waals surface area (Å²) in [5.41, 5.74) is 8.02. The molecule has 1 aliphatic rings. The number of aromatic nitrogens is 2. The summed E-state index contributed by atoms with van der Waals surface area (Å²) in [4.78, 5) is 13.8. The maximum Gasteiger partial charge on any atom is 0.272 e. The van der Waals surface area contributed by atoms with E-state index < -0.39 is 0 Å². The van der Waals surface area contributed by atoms with Gasteiger partial charge in [0, 0.05) is 11.4 Å². The third kappa shape index (κ3) is 2.20. The van der Waals surface area contributed by atoms with E-state index in [9.17, 15) is 4.79 Å². The van der Waals surface area contributed by atoms with E-state index in [0.29, 0.717) is 17.9 Å². The minimum atomic E-state index is -0.133. The highest BCUT2D eigenvalue weighted by Crippen LogP contribution is 2.33. The molecule has 20 heavy (non-hydrogen) atoms. The van der Waals surface area contributed by atoms with Crippen LogP contribution < -0.4 is 11.1 Å². The second-order valence-electron chi connectivity index (χ2n) is 4.98. The molecule has 6 heteroatoms. The number of hydrogen-bond acceptors (Lipinski definition) is 4. The SMILES string of the molecule is CCn1ncc(N)c1C(=O)NC1CCCc2sccc21. The van der Waals surface area contributed by atoms with Crippen molar-refractivity contribution in [2.45, 2.75) is 38.8 Å². The van der Waals surface area contributed by atoms with Crippen molar-refractivity contribution in [3.63, 3.8) is 0 Å². The summed E-state index contributed by atoms with van der Waals surface area (Å²) < 4.78 is 1.64.